The van der Waals surface area contributed by atoms with Crippen LogP contribution in [0.15, 0.2) is 6.07 Å². The molecule has 0 bridgehead atoms. The van der Waals surface area contributed by atoms with Crippen molar-refractivity contribution in [2.24, 2.45) is 0 Å². The van der Waals surface area contributed by atoms with E-state index < -0.39 is 12.0 Å². The Labute approximate surface area is 83.9 Å². The van der Waals surface area contributed by atoms with E-state index in [0.29, 0.717) is 0 Å². The van der Waals surface area contributed by atoms with Gasteiger partial charge in [0.2, 0.25) is 0 Å². The molecule has 0 unspecified atom stereocenters. The summed E-state index contributed by atoms with van der Waals surface area (Å²) in [5.41, 5.74) is -0.551. The topological polar surface area (TPSA) is 45.9 Å². The van der Waals surface area contributed by atoms with E-state index in [1.807, 2.05) is 0 Å². The van der Waals surface area contributed by atoms with Crippen LogP contribution in [0.4, 0.5) is 8.78 Å². The molecule has 0 saturated heterocycles. The van der Waals surface area contributed by atoms with Gasteiger partial charge in [0.25, 0.3) is 6.43 Å². The third-order valence-electron chi connectivity index (χ3n) is 1.53. The first-order valence-corrected chi connectivity index (χ1v) is 3.90. The van der Waals surface area contributed by atoms with Gasteiger partial charge in [0.15, 0.2) is 11.4 Å². The normalized spacial score (nSPS) is 10.0. The van der Waals surface area contributed by atoms with Gasteiger partial charge in [-0.15, -0.1) is 0 Å². The fourth-order valence-electron chi connectivity index (χ4n) is 0.876. The molecular weight excluding hydrogens is 214 g/mol. The lowest BCUT2D eigenvalue weighted by atomic mass is 10.2. The molecule has 0 fully saturated rings. The molecule has 0 aliphatic carbocycles. The summed E-state index contributed by atoms with van der Waals surface area (Å²) in [4.78, 5) is 3.48. The maximum atomic E-state index is 12.3. The van der Waals surface area contributed by atoms with Crippen LogP contribution in [0.5, 0.6) is 5.75 Å². The molecule has 0 aliphatic heterocycles. The Balaban J connectivity index is 3.32. The molecular formula is C8H5ClF2N2O. The number of halogens is 3. The lowest BCUT2D eigenvalue weighted by Gasteiger charge is -2.06. The molecule has 0 spiro atoms. The smallest absolute Gasteiger partial charge is 0.266 e. The fourth-order valence-corrected chi connectivity index (χ4v) is 1.10. The van der Waals surface area contributed by atoms with Gasteiger partial charge < -0.3 is 4.74 Å². The van der Waals surface area contributed by atoms with Crippen molar-refractivity contribution in [1.29, 1.82) is 5.26 Å². The highest BCUT2D eigenvalue weighted by molar-refractivity contribution is 6.30. The molecule has 0 amide bonds. The first kappa shape index (κ1) is 10.7. The lowest BCUT2D eigenvalue weighted by Crippen LogP contribution is -1.97. The lowest BCUT2D eigenvalue weighted by molar-refractivity contribution is 0.150. The Hall–Kier alpha value is -1.41. The SMILES string of the molecule is COc1cc(C(F)F)c(Cl)nc1C#N. The number of methoxy groups -OCH3 is 1. The number of hydrogen-bond donors (Lipinski definition) is 0. The third kappa shape index (κ3) is 1.91. The van der Waals surface area contributed by atoms with Crippen LogP contribution in [-0.2, 0) is 0 Å². The molecule has 3 nitrogen and oxygen atoms in total. The number of rotatable bonds is 2. The molecule has 1 rings (SSSR count). The second kappa shape index (κ2) is 4.20. The Morgan fingerprint density at radius 2 is 2.29 bits per heavy atom. The van der Waals surface area contributed by atoms with Crippen LogP contribution < -0.4 is 4.74 Å². The van der Waals surface area contributed by atoms with Crippen LogP contribution in [0.2, 0.25) is 5.15 Å². The summed E-state index contributed by atoms with van der Waals surface area (Å²) in [6.07, 6.45) is -2.74. The van der Waals surface area contributed by atoms with Crippen molar-refractivity contribution in [3.63, 3.8) is 0 Å². The van der Waals surface area contributed by atoms with E-state index in [1.54, 1.807) is 6.07 Å². The van der Waals surface area contributed by atoms with Crippen molar-refractivity contribution in [3.05, 3.63) is 22.5 Å². The van der Waals surface area contributed by atoms with Crippen LogP contribution in [-0.4, -0.2) is 12.1 Å². The van der Waals surface area contributed by atoms with E-state index in [4.69, 9.17) is 21.6 Å². The zero-order valence-electron chi connectivity index (χ0n) is 7.09. The Kier molecular flexibility index (Phi) is 3.20. The Morgan fingerprint density at radius 3 is 2.71 bits per heavy atom. The molecule has 1 heterocycles. The predicted octanol–water partition coefficient (Wildman–Crippen LogP) is 2.55. The van der Waals surface area contributed by atoms with Crippen molar-refractivity contribution >= 4 is 11.6 Å². The monoisotopic (exact) mass is 218 g/mol. The number of nitrogens with zero attached hydrogens (tertiary/aromatic N) is 2. The molecule has 0 saturated carbocycles. The molecule has 1 aromatic heterocycles. The molecule has 0 N–H and O–H groups in total. The van der Waals surface area contributed by atoms with Gasteiger partial charge in [-0.3, -0.25) is 0 Å². The summed E-state index contributed by atoms with van der Waals surface area (Å²) in [6.45, 7) is 0. The Bertz CT molecular complexity index is 389. The highest BCUT2D eigenvalue weighted by Gasteiger charge is 2.17. The number of nitriles is 1. The van der Waals surface area contributed by atoms with Crippen LogP contribution in [0.1, 0.15) is 17.7 Å². The minimum Gasteiger partial charge on any atom is -0.494 e. The van der Waals surface area contributed by atoms with Gasteiger partial charge in [0, 0.05) is 0 Å². The van der Waals surface area contributed by atoms with Gasteiger partial charge in [-0.05, 0) is 6.07 Å². The molecule has 14 heavy (non-hydrogen) atoms. The minimum absolute atomic E-state index is 0.00722. The van der Waals surface area contributed by atoms with Crippen molar-refractivity contribution in [3.8, 4) is 11.8 Å². The Morgan fingerprint density at radius 1 is 1.64 bits per heavy atom. The van der Waals surface area contributed by atoms with Crippen molar-refractivity contribution in [2.45, 2.75) is 6.43 Å². The van der Waals surface area contributed by atoms with E-state index in [2.05, 4.69) is 4.98 Å². The maximum Gasteiger partial charge on any atom is 0.266 e. The summed E-state index contributed by atoms with van der Waals surface area (Å²) >= 11 is 5.43. The molecule has 74 valence electrons. The molecule has 0 aromatic carbocycles. The zero-order chi connectivity index (χ0) is 10.7. The van der Waals surface area contributed by atoms with Gasteiger partial charge in [0.05, 0.1) is 12.7 Å². The van der Waals surface area contributed by atoms with Gasteiger partial charge >= 0.3 is 0 Å². The quantitative estimate of drug-likeness (QED) is 0.717. The van der Waals surface area contributed by atoms with Crippen molar-refractivity contribution in [2.75, 3.05) is 7.11 Å². The van der Waals surface area contributed by atoms with Crippen LogP contribution in [0.3, 0.4) is 0 Å². The number of alkyl halides is 2. The van der Waals surface area contributed by atoms with E-state index in [-0.39, 0.29) is 16.6 Å². The highest BCUT2D eigenvalue weighted by Crippen LogP contribution is 2.30. The van der Waals surface area contributed by atoms with Crippen molar-refractivity contribution in [1.82, 2.24) is 4.98 Å². The molecule has 0 radical (unpaired) electrons. The number of pyridine rings is 1. The standard InChI is InChI=1S/C8H5ClF2N2O/c1-14-6-2-4(8(10)11)7(9)13-5(6)3-12/h2,8H,1H3. The highest BCUT2D eigenvalue weighted by atomic mass is 35.5. The average molecular weight is 219 g/mol. The number of aromatic nitrogens is 1. The molecule has 0 atom stereocenters. The second-order valence-corrected chi connectivity index (χ2v) is 2.69. The largest absolute Gasteiger partial charge is 0.494 e. The summed E-state index contributed by atoms with van der Waals surface area (Å²) in [7, 11) is 1.26. The van der Waals surface area contributed by atoms with Gasteiger partial charge in [-0.1, -0.05) is 11.6 Å². The zero-order valence-corrected chi connectivity index (χ0v) is 7.85. The van der Waals surface area contributed by atoms with Gasteiger partial charge in [-0.2, -0.15) is 5.26 Å². The van der Waals surface area contributed by atoms with E-state index >= 15 is 0 Å². The van der Waals surface area contributed by atoms with Crippen molar-refractivity contribution < 1.29 is 13.5 Å². The summed E-state index contributed by atoms with van der Waals surface area (Å²) in [5, 5.41) is 8.19. The van der Waals surface area contributed by atoms with Gasteiger partial charge in [0.1, 0.15) is 11.2 Å². The molecule has 6 heteroatoms. The summed E-state index contributed by atoms with van der Waals surface area (Å²) < 4.78 is 29.3. The number of ether oxygens (including phenoxy) is 1. The molecule has 1 aromatic rings. The second-order valence-electron chi connectivity index (χ2n) is 2.33. The van der Waals surface area contributed by atoms with Gasteiger partial charge in [-0.25, -0.2) is 13.8 Å². The van der Waals surface area contributed by atoms with E-state index in [0.717, 1.165) is 6.07 Å². The first-order valence-electron chi connectivity index (χ1n) is 3.52. The van der Waals surface area contributed by atoms with Crippen LogP contribution in [0, 0.1) is 11.3 Å². The number of hydrogen-bond acceptors (Lipinski definition) is 3. The summed E-state index contributed by atoms with van der Waals surface area (Å²) in [5.74, 6) is -0.00722. The van der Waals surface area contributed by atoms with Crippen LogP contribution >= 0.6 is 11.6 Å². The summed E-state index contributed by atoms with van der Waals surface area (Å²) in [6, 6.07) is 2.70. The third-order valence-corrected chi connectivity index (χ3v) is 1.83. The van der Waals surface area contributed by atoms with E-state index in [9.17, 15) is 8.78 Å². The molecule has 0 aliphatic rings. The fraction of sp³-hybridized carbons (Fsp3) is 0.250. The maximum absolute atomic E-state index is 12.3. The first-order chi connectivity index (χ1) is 6.60. The average Bonchev–Trinajstić information content (AvgIpc) is 2.16. The van der Waals surface area contributed by atoms with Crippen LogP contribution in [0.25, 0.3) is 0 Å². The minimum atomic E-state index is -2.74. The van der Waals surface area contributed by atoms with E-state index in [1.165, 1.54) is 7.11 Å². The predicted molar refractivity (Wildman–Crippen MR) is 45.5 cm³/mol.